The molecule has 1 N–H and O–H groups in total. The molecule has 148 valence electrons. The van der Waals surface area contributed by atoms with Gasteiger partial charge in [0.25, 0.3) is 11.6 Å². The molecule has 0 aromatic heterocycles. The molecule has 0 aliphatic carbocycles. The number of amides is 1. The van der Waals surface area contributed by atoms with Gasteiger partial charge in [0, 0.05) is 11.8 Å². The molecule has 1 amide bonds. The highest BCUT2D eigenvalue weighted by Crippen LogP contribution is 2.35. The third kappa shape index (κ3) is 4.97. The number of esters is 1. The zero-order chi connectivity index (χ0) is 20.7. The molecule has 0 spiro atoms. The van der Waals surface area contributed by atoms with E-state index in [2.05, 4.69) is 5.32 Å². The van der Waals surface area contributed by atoms with Crippen LogP contribution in [0.15, 0.2) is 42.5 Å². The Balaban J connectivity index is 2.23. The van der Waals surface area contributed by atoms with Gasteiger partial charge in [0.05, 0.1) is 24.7 Å². The fraction of sp³-hybridized carbons (Fsp3) is 0.263. The number of para-hydroxylation sites is 1. The lowest BCUT2D eigenvalue weighted by Gasteiger charge is -2.15. The fourth-order valence-corrected chi connectivity index (χ4v) is 2.33. The van der Waals surface area contributed by atoms with Crippen molar-refractivity contribution in [3.63, 3.8) is 0 Å². The van der Waals surface area contributed by atoms with Crippen molar-refractivity contribution in [2.45, 2.75) is 20.0 Å². The molecule has 2 rings (SSSR count). The average molecular weight is 388 g/mol. The van der Waals surface area contributed by atoms with Crippen LogP contribution in [0.5, 0.6) is 11.5 Å². The molecule has 0 fully saturated rings. The SMILES string of the molecule is CCOc1cc(C(=O)OC(C)C(=O)Nc2ccccc2)c([N+](=O)[O-])cc1OC. The minimum absolute atomic E-state index is 0.111. The van der Waals surface area contributed by atoms with Gasteiger partial charge in [0.15, 0.2) is 17.6 Å². The Bertz CT molecular complexity index is 868. The van der Waals surface area contributed by atoms with Crippen molar-refractivity contribution < 1.29 is 28.7 Å². The Kier molecular flexibility index (Phi) is 6.91. The van der Waals surface area contributed by atoms with E-state index in [0.29, 0.717) is 5.69 Å². The number of nitro groups is 1. The number of rotatable bonds is 8. The summed E-state index contributed by atoms with van der Waals surface area (Å²) < 4.78 is 15.5. The zero-order valence-electron chi connectivity index (χ0n) is 15.6. The second kappa shape index (κ2) is 9.36. The van der Waals surface area contributed by atoms with Gasteiger partial charge in [-0.2, -0.15) is 0 Å². The third-order valence-corrected chi connectivity index (χ3v) is 3.69. The summed E-state index contributed by atoms with van der Waals surface area (Å²) in [5.41, 5.74) is -0.320. The maximum atomic E-state index is 12.5. The molecule has 9 heteroatoms. The highest BCUT2D eigenvalue weighted by molar-refractivity contribution is 5.99. The van der Waals surface area contributed by atoms with Crippen LogP contribution in [0.25, 0.3) is 0 Å². The number of carbonyl (C=O) groups excluding carboxylic acids is 2. The molecular weight excluding hydrogens is 368 g/mol. The fourth-order valence-electron chi connectivity index (χ4n) is 2.33. The van der Waals surface area contributed by atoms with Crippen LogP contribution in [0.4, 0.5) is 11.4 Å². The molecular formula is C19H20N2O7. The number of ether oxygens (including phenoxy) is 3. The highest BCUT2D eigenvalue weighted by atomic mass is 16.6. The average Bonchev–Trinajstić information content (AvgIpc) is 2.68. The van der Waals surface area contributed by atoms with Crippen LogP contribution in [0.2, 0.25) is 0 Å². The first-order valence-corrected chi connectivity index (χ1v) is 8.43. The number of hydrogen-bond donors (Lipinski definition) is 1. The number of hydrogen-bond acceptors (Lipinski definition) is 7. The summed E-state index contributed by atoms with van der Waals surface area (Å²) in [4.78, 5) is 35.3. The molecule has 9 nitrogen and oxygen atoms in total. The molecule has 2 aromatic carbocycles. The van der Waals surface area contributed by atoms with Crippen molar-refractivity contribution in [2.24, 2.45) is 0 Å². The van der Waals surface area contributed by atoms with E-state index < -0.39 is 28.6 Å². The van der Waals surface area contributed by atoms with E-state index in [1.165, 1.54) is 20.1 Å². The van der Waals surface area contributed by atoms with Crippen molar-refractivity contribution in [2.75, 3.05) is 19.0 Å². The molecule has 1 atom stereocenters. The highest BCUT2D eigenvalue weighted by Gasteiger charge is 2.28. The second-order valence-electron chi connectivity index (χ2n) is 5.61. The molecule has 28 heavy (non-hydrogen) atoms. The van der Waals surface area contributed by atoms with Gasteiger partial charge in [-0.15, -0.1) is 0 Å². The van der Waals surface area contributed by atoms with Crippen LogP contribution in [0, 0.1) is 10.1 Å². The standard InChI is InChI=1S/C19H20N2O7/c1-4-27-17-10-14(15(21(24)25)11-16(17)26-3)19(23)28-12(2)18(22)20-13-8-6-5-7-9-13/h5-12H,4H2,1-3H3,(H,20,22). The second-order valence-corrected chi connectivity index (χ2v) is 5.61. The van der Waals surface area contributed by atoms with Crippen LogP contribution in [0.1, 0.15) is 24.2 Å². The molecule has 2 aromatic rings. The topological polar surface area (TPSA) is 117 Å². The number of benzene rings is 2. The monoisotopic (exact) mass is 388 g/mol. The quantitative estimate of drug-likeness (QED) is 0.419. The Morgan fingerprint density at radius 3 is 2.43 bits per heavy atom. The summed E-state index contributed by atoms with van der Waals surface area (Å²) in [5.74, 6) is -1.32. The van der Waals surface area contributed by atoms with Gasteiger partial charge in [-0.1, -0.05) is 18.2 Å². The molecule has 0 saturated heterocycles. The first-order chi connectivity index (χ1) is 13.4. The van der Waals surface area contributed by atoms with Gasteiger partial charge >= 0.3 is 5.97 Å². The molecule has 0 radical (unpaired) electrons. The van der Waals surface area contributed by atoms with E-state index in [-0.39, 0.29) is 23.7 Å². The van der Waals surface area contributed by atoms with Gasteiger partial charge in [0.1, 0.15) is 5.56 Å². The van der Waals surface area contributed by atoms with E-state index in [1.54, 1.807) is 37.3 Å². The zero-order valence-corrected chi connectivity index (χ0v) is 15.6. The van der Waals surface area contributed by atoms with Crippen LogP contribution in [0.3, 0.4) is 0 Å². The number of anilines is 1. The predicted octanol–water partition coefficient (Wildman–Crippen LogP) is 3.19. The van der Waals surface area contributed by atoms with Crippen molar-refractivity contribution in [3.05, 3.63) is 58.1 Å². The molecule has 0 saturated carbocycles. The van der Waals surface area contributed by atoms with E-state index in [0.717, 1.165) is 6.07 Å². The smallest absolute Gasteiger partial charge is 0.346 e. The normalized spacial score (nSPS) is 11.2. The van der Waals surface area contributed by atoms with E-state index in [1.807, 2.05) is 0 Å². The molecule has 0 heterocycles. The maximum Gasteiger partial charge on any atom is 0.346 e. The number of nitro benzene ring substituents is 1. The van der Waals surface area contributed by atoms with E-state index >= 15 is 0 Å². The Hall–Kier alpha value is -3.62. The van der Waals surface area contributed by atoms with Gasteiger partial charge in [-0.25, -0.2) is 4.79 Å². The van der Waals surface area contributed by atoms with Crippen molar-refractivity contribution in [1.29, 1.82) is 0 Å². The number of methoxy groups -OCH3 is 1. The third-order valence-electron chi connectivity index (χ3n) is 3.69. The number of nitrogens with zero attached hydrogens (tertiary/aromatic N) is 1. The lowest BCUT2D eigenvalue weighted by atomic mass is 10.1. The Morgan fingerprint density at radius 1 is 1.18 bits per heavy atom. The summed E-state index contributed by atoms with van der Waals surface area (Å²) >= 11 is 0. The molecule has 0 aliphatic heterocycles. The Labute approximate surface area is 161 Å². The molecule has 1 unspecified atom stereocenters. The van der Waals surface area contributed by atoms with Crippen LogP contribution >= 0.6 is 0 Å². The maximum absolute atomic E-state index is 12.5. The van der Waals surface area contributed by atoms with Gasteiger partial charge < -0.3 is 19.5 Å². The summed E-state index contributed by atoms with van der Waals surface area (Å²) in [5, 5.41) is 13.9. The van der Waals surface area contributed by atoms with Gasteiger partial charge in [-0.05, 0) is 26.0 Å². The molecule has 0 bridgehead atoms. The van der Waals surface area contributed by atoms with Crippen LogP contribution < -0.4 is 14.8 Å². The van der Waals surface area contributed by atoms with E-state index in [9.17, 15) is 19.7 Å². The molecule has 0 aliphatic rings. The largest absolute Gasteiger partial charge is 0.493 e. The minimum atomic E-state index is -1.18. The van der Waals surface area contributed by atoms with Gasteiger partial charge in [0.2, 0.25) is 0 Å². The summed E-state index contributed by atoms with van der Waals surface area (Å²) in [6.45, 7) is 3.35. The first kappa shape index (κ1) is 20.7. The predicted molar refractivity (Wildman–Crippen MR) is 101 cm³/mol. The lowest BCUT2D eigenvalue weighted by Crippen LogP contribution is -2.30. The summed E-state index contributed by atoms with van der Waals surface area (Å²) in [6.07, 6.45) is -1.18. The van der Waals surface area contributed by atoms with E-state index in [4.69, 9.17) is 14.2 Å². The lowest BCUT2D eigenvalue weighted by molar-refractivity contribution is -0.385. The van der Waals surface area contributed by atoms with Crippen LogP contribution in [-0.4, -0.2) is 36.6 Å². The van der Waals surface area contributed by atoms with Crippen molar-refractivity contribution >= 4 is 23.3 Å². The van der Waals surface area contributed by atoms with Crippen molar-refractivity contribution in [1.82, 2.24) is 0 Å². The van der Waals surface area contributed by atoms with Crippen molar-refractivity contribution in [3.8, 4) is 11.5 Å². The van der Waals surface area contributed by atoms with Crippen LogP contribution in [-0.2, 0) is 9.53 Å². The number of carbonyl (C=O) groups is 2. The summed E-state index contributed by atoms with van der Waals surface area (Å²) in [6, 6.07) is 10.9. The summed E-state index contributed by atoms with van der Waals surface area (Å²) in [7, 11) is 1.33. The number of nitrogens with one attached hydrogen (secondary N) is 1. The minimum Gasteiger partial charge on any atom is -0.493 e. The Morgan fingerprint density at radius 2 is 1.86 bits per heavy atom. The first-order valence-electron chi connectivity index (χ1n) is 8.43. The van der Waals surface area contributed by atoms with Gasteiger partial charge in [-0.3, -0.25) is 14.9 Å².